The molecule has 2 fully saturated rings. The van der Waals surface area contributed by atoms with Crippen LogP contribution < -0.4 is 9.62 Å². The van der Waals surface area contributed by atoms with Crippen molar-refractivity contribution in [1.29, 1.82) is 0 Å². The Morgan fingerprint density at radius 2 is 1.68 bits per heavy atom. The molecule has 0 spiro atoms. The zero-order valence-electron chi connectivity index (χ0n) is 16.1. The van der Waals surface area contributed by atoms with Crippen molar-refractivity contribution in [2.45, 2.75) is 38.3 Å². The van der Waals surface area contributed by atoms with Crippen LogP contribution in [0.2, 0.25) is 0 Å². The first kappa shape index (κ1) is 19.5. The van der Waals surface area contributed by atoms with Crippen LogP contribution in [0.5, 0.6) is 0 Å². The molecular formula is C21H28N4O2S. The molecule has 0 amide bonds. The van der Waals surface area contributed by atoms with Crippen LogP contribution in [-0.2, 0) is 17.8 Å². The summed E-state index contributed by atoms with van der Waals surface area (Å²) in [7, 11) is 0. The topological polar surface area (TPSA) is 68.7 Å². The maximum Gasteiger partial charge on any atom is 0.232 e. The predicted molar refractivity (Wildman–Crippen MR) is 113 cm³/mol. The number of anilines is 1. The van der Waals surface area contributed by atoms with E-state index in [9.17, 15) is 4.21 Å². The number of benzene rings is 1. The van der Waals surface area contributed by atoms with Gasteiger partial charge in [0, 0.05) is 50.5 Å². The van der Waals surface area contributed by atoms with Crippen molar-refractivity contribution < 1.29 is 8.76 Å². The minimum Gasteiger partial charge on any atom is -0.354 e. The predicted octanol–water partition coefficient (Wildman–Crippen LogP) is 3.04. The van der Waals surface area contributed by atoms with Gasteiger partial charge in [0.05, 0.1) is 0 Å². The average molecular weight is 401 g/mol. The number of pyridine rings is 1. The summed E-state index contributed by atoms with van der Waals surface area (Å²) in [4.78, 5) is 9.76. The summed E-state index contributed by atoms with van der Waals surface area (Å²) in [6.45, 7) is 4.76. The van der Waals surface area contributed by atoms with Crippen molar-refractivity contribution in [2.24, 2.45) is 0 Å². The summed E-state index contributed by atoms with van der Waals surface area (Å²) >= 11 is -1.98. The third-order valence-electron chi connectivity index (χ3n) is 5.91. The van der Waals surface area contributed by atoms with Gasteiger partial charge in [-0.05, 0) is 36.1 Å². The molecule has 1 aliphatic carbocycles. The highest BCUT2D eigenvalue weighted by Crippen LogP contribution is 2.26. The molecule has 1 aromatic carbocycles. The van der Waals surface area contributed by atoms with Crippen molar-refractivity contribution in [1.82, 2.24) is 14.6 Å². The lowest BCUT2D eigenvalue weighted by molar-refractivity contribution is 0.187. The lowest BCUT2D eigenvalue weighted by atomic mass is 10.1. The van der Waals surface area contributed by atoms with Gasteiger partial charge >= 0.3 is 0 Å². The lowest BCUT2D eigenvalue weighted by Gasteiger charge is -2.38. The zero-order chi connectivity index (χ0) is 19.3. The fraction of sp³-hybridized carbons (Fsp3) is 0.476. The summed E-state index contributed by atoms with van der Waals surface area (Å²) in [5, 5.41) is 0. The van der Waals surface area contributed by atoms with Gasteiger partial charge in [-0.1, -0.05) is 37.1 Å². The molecule has 0 radical (unpaired) electrons. The lowest BCUT2D eigenvalue weighted by Crippen LogP contribution is -2.49. The van der Waals surface area contributed by atoms with Gasteiger partial charge in [0.25, 0.3) is 0 Å². The van der Waals surface area contributed by atoms with E-state index in [-0.39, 0.29) is 0 Å². The highest BCUT2D eigenvalue weighted by Gasteiger charge is 2.26. The first-order chi connectivity index (χ1) is 13.7. The second-order valence-electron chi connectivity index (χ2n) is 7.63. The molecule has 2 N–H and O–H groups in total. The molecule has 1 saturated heterocycles. The van der Waals surface area contributed by atoms with E-state index in [1.165, 1.54) is 25.7 Å². The van der Waals surface area contributed by atoms with Gasteiger partial charge in [-0.2, -0.15) is 0 Å². The summed E-state index contributed by atoms with van der Waals surface area (Å²) < 4.78 is 22.0. The SMILES string of the molecule is O=S(O)NCc1ccc(-c2ccc(N3CCN(C4CCCC4)CC3)nc2)cc1. The van der Waals surface area contributed by atoms with Gasteiger partial charge in [0.1, 0.15) is 5.82 Å². The van der Waals surface area contributed by atoms with E-state index in [0.717, 1.165) is 54.7 Å². The molecule has 2 aliphatic rings. The van der Waals surface area contributed by atoms with Crippen LogP contribution in [0.3, 0.4) is 0 Å². The smallest absolute Gasteiger partial charge is 0.232 e. The van der Waals surface area contributed by atoms with E-state index in [0.29, 0.717) is 6.54 Å². The Kier molecular flexibility index (Phi) is 6.36. The molecule has 150 valence electrons. The third kappa shape index (κ3) is 4.78. The Morgan fingerprint density at radius 1 is 1.00 bits per heavy atom. The molecular weight excluding hydrogens is 372 g/mol. The maximum absolute atomic E-state index is 10.7. The molecule has 1 unspecified atom stereocenters. The Bertz CT molecular complexity index is 783. The maximum atomic E-state index is 10.7. The summed E-state index contributed by atoms with van der Waals surface area (Å²) in [5.74, 6) is 1.06. The number of piperazine rings is 1. The van der Waals surface area contributed by atoms with Crippen LogP contribution in [0.4, 0.5) is 5.82 Å². The number of nitrogens with zero attached hydrogens (tertiary/aromatic N) is 3. The van der Waals surface area contributed by atoms with Gasteiger partial charge in [-0.25, -0.2) is 13.9 Å². The minimum absolute atomic E-state index is 0.368. The van der Waals surface area contributed by atoms with Crippen LogP contribution >= 0.6 is 0 Å². The molecule has 7 heteroatoms. The van der Waals surface area contributed by atoms with Crippen LogP contribution in [0.15, 0.2) is 42.6 Å². The molecule has 6 nitrogen and oxygen atoms in total. The molecule has 2 heterocycles. The van der Waals surface area contributed by atoms with Crippen molar-refractivity contribution >= 4 is 17.1 Å². The van der Waals surface area contributed by atoms with Gasteiger partial charge in [-0.15, -0.1) is 0 Å². The molecule has 28 heavy (non-hydrogen) atoms. The molecule has 2 aromatic rings. The van der Waals surface area contributed by atoms with E-state index < -0.39 is 11.3 Å². The molecule has 0 bridgehead atoms. The first-order valence-electron chi connectivity index (χ1n) is 10.1. The Morgan fingerprint density at radius 3 is 2.29 bits per heavy atom. The van der Waals surface area contributed by atoms with Crippen LogP contribution in [0.1, 0.15) is 31.2 Å². The highest BCUT2D eigenvalue weighted by atomic mass is 32.2. The van der Waals surface area contributed by atoms with Crippen LogP contribution in [-0.4, -0.2) is 50.9 Å². The van der Waals surface area contributed by atoms with Crippen molar-refractivity contribution in [3.05, 3.63) is 48.2 Å². The Labute approximate surface area is 169 Å². The van der Waals surface area contributed by atoms with Crippen LogP contribution in [0, 0.1) is 0 Å². The molecule has 1 aromatic heterocycles. The number of hydrogen-bond donors (Lipinski definition) is 2. The molecule has 4 rings (SSSR count). The van der Waals surface area contributed by atoms with Gasteiger partial charge in [0.15, 0.2) is 0 Å². The number of nitrogens with one attached hydrogen (secondary N) is 1. The van der Waals surface area contributed by atoms with E-state index >= 15 is 0 Å². The highest BCUT2D eigenvalue weighted by molar-refractivity contribution is 7.77. The van der Waals surface area contributed by atoms with Gasteiger partial charge < -0.3 is 4.90 Å². The van der Waals surface area contributed by atoms with E-state index in [1.54, 1.807) is 0 Å². The third-order valence-corrected chi connectivity index (χ3v) is 6.31. The fourth-order valence-electron chi connectivity index (χ4n) is 4.29. The van der Waals surface area contributed by atoms with Gasteiger partial charge in [-0.3, -0.25) is 9.45 Å². The summed E-state index contributed by atoms with van der Waals surface area (Å²) in [6, 6.07) is 13.0. The standard InChI is InChI=1S/C21H28N4O2S/c26-28(27)23-15-17-5-7-18(8-6-17)19-9-10-21(22-16-19)25-13-11-24(12-14-25)20-3-1-2-4-20/h5-10,16,20,23H,1-4,11-15H2,(H,26,27). The second-order valence-corrected chi connectivity index (χ2v) is 8.42. The van der Waals surface area contributed by atoms with Crippen molar-refractivity contribution in [2.75, 3.05) is 31.1 Å². The van der Waals surface area contributed by atoms with E-state index in [1.807, 2.05) is 30.5 Å². The quantitative estimate of drug-likeness (QED) is 0.730. The number of aromatic nitrogens is 1. The van der Waals surface area contributed by atoms with Crippen molar-refractivity contribution in [3.8, 4) is 11.1 Å². The Hall–Kier alpha value is -1.80. The second kappa shape index (κ2) is 9.13. The van der Waals surface area contributed by atoms with E-state index in [4.69, 9.17) is 9.54 Å². The number of hydrogen-bond acceptors (Lipinski definition) is 4. The largest absolute Gasteiger partial charge is 0.354 e. The van der Waals surface area contributed by atoms with Crippen LogP contribution in [0.25, 0.3) is 11.1 Å². The monoisotopic (exact) mass is 400 g/mol. The fourth-order valence-corrected chi connectivity index (χ4v) is 4.58. The first-order valence-corrected chi connectivity index (χ1v) is 11.2. The minimum atomic E-state index is -1.98. The average Bonchev–Trinajstić information content (AvgIpc) is 3.28. The van der Waals surface area contributed by atoms with Gasteiger partial charge in [0.2, 0.25) is 11.3 Å². The molecule has 1 saturated carbocycles. The Balaban J connectivity index is 1.34. The molecule has 1 aliphatic heterocycles. The van der Waals surface area contributed by atoms with Crippen molar-refractivity contribution in [3.63, 3.8) is 0 Å². The summed E-state index contributed by atoms with van der Waals surface area (Å²) in [5.41, 5.74) is 3.15. The molecule has 1 atom stereocenters. The zero-order valence-corrected chi connectivity index (χ0v) is 16.9. The van der Waals surface area contributed by atoms with E-state index in [2.05, 4.69) is 26.7 Å². The normalized spacial score (nSPS) is 19.8. The number of rotatable bonds is 6. The summed E-state index contributed by atoms with van der Waals surface area (Å²) in [6.07, 6.45) is 7.48.